The molecular weight excluding hydrogens is 817 g/mol. The maximum absolute atomic E-state index is 12.9. The Morgan fingerprint density at radius 3 is 1.57 bits per heavy atom. The summed E-state index contributed by atoms with van der Waals surface area (Å²) in [5.74, 6) is -0.973. The van der Waals surface area contributed by atoms with E-state index in [1.54, 1.807) is 0 Å². The van der Waals surface area contributed by atoms with Crippen molar-refractivity contribution in [1.82, 2.24) is 0 Å². The molecule has 0 radical (unpaired) electrons. The van der Waals surface area contributed by atoms with E-state index >= 15 is 0 Å². The van der Waals surface area contributed by atoms with Crippen molar-refractivity contribution in [3.05, 3.63) is 60.8 Å². The van der Waals surface area contributed by atoms with Crippen LogP contribution in [0.4, 0.5) is 0 Å². The predicted molar refractivity (Wildman–Crippen MR) is 238 cm³/mol. The van der Waals surface area contributed by atoms with Crippen molar-refractivity contribution in [3.63, 3.8) is 0 Å². The summed E-state index contributed by atoms with van der Waals surface area (Å²) in [4.78, 5) is 25.6. The molecule has 2 aliphatic rings. The smallest absolute Gasteiger partial charge is 0.306 e. The van der Waals surface area contributed by atoms with Gasteiger partial charge in [-0.3, -0.25) is 9.59 Å². The number of rotatable bonds is 34. The summed E-state index contributed by atoms with van der Waals surface area (Å²) in [6.45, 7) is 2.37. The van der Waals surface area contributed by atoms with Crippen LogP contribution in [0.1, 0.15) is 136 Å². The summed E-state index contributed by atoms with van der Waals surface area (Å²) >= 11 is 0. The fourth-order valence-electron chi connectivity index (χ4n) is 6.89. The quantitative estimate of drug-likeness (QED) is 0.0246. The summed E-state index contributed by atoms with van der Waals surface area (Å²) in [5, 5.41) is 71.8. The molecule has 0 bridgehead atoms. The second kappa shape index (κ2) is 35.5. The second-order valence-corrected chi connectivity index (χ2v) is 16.2. The van der Waals surface area contributed by atoms with E-state index in [9.17, 15) is 45.3 Å². The number of carbonyl (C=O) groups excluding carboxylic acids is 2. The van der Waals surface area contributed by atoms with Crippen LogP contribution in [-0.2, 0) is 38.0 Å². The maximum atomic E-state index is 12.9. The van der Waals surface area contributed by atoms with Gasteiger partial charge in [0.2, 0.25) is 0 Å². The first-order valence-corrected chi connectivity index (χ1v) is 23.4. The van der Waals surface area contributed by atoms with E-state index in [1.807, 2.05) is 0 Å². The van der Waals surface area contributed by atoms with Gasteiger partial charge >= 0.3 is 11.9 Å². The highest BCUT2D eigenvalue weighted by molar-refractivity contribution is 5.70. The molecular formula is C48H80O15. The molecule has 0 aromatic rings. The Hall–Kier alpha value is -2.80. The van der Waals surface area contributed by atoms with E-state index in [2.05, 4.69) is 74.6 Å². The molecule has 2 aliphatic heterocycles. The summed E-state index contributed by atoms with van der Waals surface area (Å²) in [6.07, 6.45) is 21.4. The number of allylic oxidation sites excluding steroid dienone is 10. The normalized spacial score (nSPS) is 27.4. The molecule has 362 valence electrons. The number of aliphatic hydroxyl groups excluding tert-OH is 7. The first kappa shape index (κ1) is 56.3. The zero-order chi connectivity index (χ0) is 46.1. The van der Waals surface area contributed by atoms with Gasteiger partial charge in [0.25, 0.3) is 0 Å². The van der Waals surface area contributed by atoms with Gasteiger partial charge in [-0.2, -0.15) is 0 Å². The van der Waals surface area contributed by atoms with Gasteiger partial charge < -0.3 is 64.2 Å². The molecule has 4 unspecified atom stereocenters. The Kier molecular flexibility index (Phi) is 31.7. The van der Waals surface area contributed by atoms with E-state index < -0.39 is 99.3 Å². The van der Waals surface area contributed by atoms with Crippen LogP contribution in [0.5, 0.6) is 0 Å². The lowest BCUT2D eigenvalue weighted by molar-refractivity contribution is -0.332. The fourth-order valence-corrected chi connectivity index (χ4v) is 6.89. The highest BCUT2D eigenvalue weighted by Gasteiger charge is 2.47. The lowest BCUT2D eigenvalue weighted by Gasteiger charge is -2.42. The van der Waals surface area contributed by atoms with Crippen molar-refractivity contribution >= 4 is 11.9 Å². The van der Waals surface area contributed by atoms with Crippen LogP contribution in [-0.4, -0.2) is 142 Å². The number of carbonyl (C=O) groups is 2. The van der Waals surface area contributed by atoms with E-state index in [-0.39, 0.29) is 19.4 Å². The first-order valence-electron chi connectivity index (χ1n) is 23.4. The average Bonchev–Trinajstić information content (AvgIpc) is 3.28. The minimum Gasteiger partial charge on any atom is -0.462 e. The van der Waals surface area contributed by atoms with Gasteiger partial charge in [0.05, 0.1) is 19.8 Å². The monoisotopic (exact) mass is 897 g/mol. The molecule has 2 fully saturated rings. The van der Waals surface area contributed by atoms with Crippen molar-refractivity contribution in [2.75, 3.05) is 26.4 Å². The van der Waals surface area contributed by atoms with Crippen molar-refractivity contribution < 1.29 is 73.8 Å². The van der Waals surface area contributed by atoms with Gasteiger partial charge in [0.1, 0.15) is 55.4 Å². The molecule has 0 aromatic heterocycles. The Morgan fingerprint density at radius 2 is 1.00 bits per heavy atom. The van der Waals surface area contributed by atoms with Crippen LogP contribution in [0.2, 0.25) is 0 Å². The van der Waals surface area contributed by atoms with Crippen molar-refractivity contribution in [3.8, 4) is 0 Å². The van der Waals surface area contributed by atoms with Crippen molar-refractivity contribution in [2.24, 2.45) is 0 Å². The fraction of sp³-hybridized carbons (Fsp3) is 0.750. The second-order valence-electron chi connectivity index (χ2n) is 16.2. The topological polar surface area (TPSA) is 231 Å². The molecule has 0 saturated carbocycles. The number of ether oxygens (including phenoxy) is 6. The van der Waals surface area contributed by atoms with E-state index in [0.717, 1.165) is 70.6 Å². The minimum absolute atomic E-state index is 0.124. The zero-order valence-electron chi connectivity index (χ0n) is 37.8. The first-order chi connectivity index (χ1) is 30.5. The number of unbranched alkanes of at least 4 members (excludes halogenated alkanes) is 10. The summed E-state index contributed by atoms with van der Waals surface area (Å²) < 4.78 is 33.4. The lowest BCUT2D eigenvalue weighted by Crippen LogP contribution is -2.61. The number of aliphatic hydroxyl groups is 7. The van der Waals surface area contributed by atoms with Gasteiger partial charge in [-0.25, -0.2) is 0 Å². The predicted octanol–water partition coefficient (Wildman–Crippen LogP) is 5.31. The Morgan fingerprint density at radius 1 is 0.524 bits per heavy atom. The summed E-state index contributed by atoms with van der Waals surface area (Å²) in [7, 11) is 0. The van der Waals surface area contributed by atoms with Crippen LogP contribution < -0.4 is 0 Å². The minimum atomic E-state index is -1.77. The highest BCUT2D eigenvalue weighted by atomic mass is 16.7. The Labute approximate surface area is 375 Å². The molecule has 0 aromatic carbocycles. The summed E-state index contributed by atoms with van der Waals surface area (Å²) in [5.41, 5.74) is 0. The molecule has 7 N–H and O–H groups in total. The maximum Gasteiger partial charge on any atom is 0.306 e. The Bertz CT molecular complexity index is 1330. The lowest BCUT2D eigenvalue weighted by atomic mass is 9.98. The van der Waals surface area contributed by atoms with Gasteiger partial charge in [-0.05, 0) is 57.8 Å². The molecule has 2 rings (SSSR count). The van der Waals surface area contributed by atoms with Crippen LogP contribution in [0.3, 0.4) is 0 Å². The number of hydrogen-bond acceptors (Lipinski definition) is 15. The number of hydrogen-bond donors (Lipinski definition) is 7. The zero-order valence-corrected chi connectivity index (χ0v) is 37.8. The third-order valence-electron chi connectivity index (χ3n) is 10.8. The van der Waals surface area contributed by atoms with Crippen LogP contribution in [0, 0.1) is 0 Å². The number of esters is 2. The molecule has 15 heteroatoms. The van der Waals surface area contributed by atoms with Gasteiger partial charge in [-0.1, -0.05) is 126 Å². The van der Waals surface area contributed by atoms with Gasteiger partial charge in [-0.15, -0.1) is 0 Å². The molecule has 2 heterocycles. The SMILES string of the molecule is CC/C=C/C/C=C/C/C=C/C/C=C/C/C=C/CCCCCC(=O)O[C@H](COC(=O)CCCCCCCCCC)CO[C@H]1O[C@@H](CO[C@H]2O[C@@H](CO)[C@@H](O)C(O)C2O)[C@@H](O)C(O)C1O. The van der Waals surface area contributed by atoms with Gasteiger partial charge in [0.15, 0.2) is 18.7 Å². The Balaban J connectivity index is 1.84. The molecule has 2 saturated heterocycles. The van der Waals surface area contributed by atoms with Crippen LogP contribution >= 0.6 is 0 Å². The highest BCUT2D eigenvalue weighted by Crippen LogP contribution is 2.26. The third-order valence-corrected chi connectivity index (χ3v) is 10.8. The van der Waals surface area contributed by atoms with Crippen molar-refractivity contribution in [2.45, 2.75) is 203 Å². The van der Waals surface area contributed by atoms with E-state index in [0.29, 0.717) is 12.8 Å². The van der Waals surface area contributed by atoms with Crippen molar-refractivity contribution in [1.29, 1.82) is 0 Å². The van der Waals surface area contributed by atoms with Crippen LogP contribution in [0.15, 0.2) is 60.8 Å². The van der Waals surface area contributed by atoms with E-state index in [4.69, 9.17) is 28.4 Å². The average molecular weight is 897 g/mol. The summed E-state index contributed by atoms with van der Waals surface area (Å²) in [6, 6.07) is 0. The third kappa shape index (κ3) is 24.3. The van der Waals surface area contributed by atoms with E-state index in [1.165, 1.54) is 25.7 Å². The largest absolute Gasteiger partial charge is 0.462 e. The standard InChI is InChI=1S/C48H80O15/c1-3-5-7-9-11-13-14-15-16-17-18-19-20-21-22-23-25-27-29-31-40(51)61-36(33-58-39(50)30-28-26-24-12-10-8-6-4-2)34-59-47-46(57)44(55)42(53)38(63-47)35-60-48-45(56)43(54)41(52)37(32-49)62-48/h5,7,11,13,15-16,18-19,21-22,36-38,41-49,52-57H,3-4,6,8-10,12,14,17,20,23-35H2,1-2H3/b7-5+,13-11+,16-15+,19-18+,22-21+/t36-,37+,38+,41-,42-,43?,44?,45?,46?,47+,48+/m1/s1. The van der Waals surface area contributed by atoms with Gasteiger partial charge in [0, 0.05) is 12.8 Å². The molecule has 11 atom stereocenters. The van der Waals surface area contributed by atoms with Crippen LogP contribution in [0.25, 0.3) is 0 Å². The molecule has 0 amide bonds. The molecule has 63 heavy (non-hydrogen) atoms. The molecule has 15 nitrogen and oxygen atoms in total. The molecule has 0 spiro atoms. The molecule has 0 aliphatic carbocycles.